The van der Waals surface area contributed by atoms with Crippen LogP contribution in [0.5, 0.6) is 5.75 Å². The molecule has 4 aromatic rings. The van der Waals surface area contributed by atoms with Crippen LogP contribution in [0.4, 0.5) is 0 Å². The van der Waals surface area contributed by atoms with E-state index in [1.807, 2.05) is 0 Å². The molecule has 0 bridgehead atoms. The van der Waals surface area contributed by atoms with E-state index in [-0.39, 0.29) is 37.0 Å². The van der Waals surface area contributed by atoms with Crippen LogP contribution in [0.25, 0.3) is 28.2 Å². The Kier molecular flexibility index (Phi) is 45.9. The molecule has 0 saturated heterocycles. The number of aromatic nitrogens is 4. The zero-order valence-corrected chi connectivity index (χ0v) is 47.7. The fourth-order valence-corrected chi connectivity index (χ4v) is 7.87. The van der Waals surface area contributed by atoms with Crippen molar-refractivity contribution in [3.8, 4) is 33.9 Å². The van der Waals surface area contributed by atoms with Crippen LogP contribution < -0.4 is 4.74 Å². The minimum absolute atomic E-state index is 0. The standard InChI is InChI=1S/C44H72N2O4.C12H8N2O4.CHNS.CNS.Ru/c1-3-5-7-9-11-13-15-17-19-21-23-25-27-29-35-49-43(47)39-31-33-45-41(37-39)42-38-40(32-34-46-42)44(48)50-36-30-28-26-24-22-20-18-16-14-12-10-8-6-4-2;15-7-18-9-2-4-14-11(6-9)10-5-8(12(16)17)1-3-13-10;2*2-1-3;/h31-34,37-38H,3-30,35-36H2,1-2H3;1-7H,(H,16,17);3H;;/q;;;-1;+2/p-1. The summed E-state index contributed by atoms with van der Waals surface area (Å²) < 4.78 is 15.8. The molecular formula is C58H80N6O8RuS2. The molecule has 0 amide bonds. The second-order valence-electron chi connectivity index (χ2n) is 17.8. The Labute approximate surface area is 471 Å². The maximum Gasteiger partial charge on any atom is 2.00 e. The molecule has 0 aliphatic rings. The van der Waals surface area contributed by atoms with E-state index in [4.69, 9.17) is 25.3 Å². The van der Waals surface area contributed by atoms with Gasteiger partial charge in [0.15, 0.2) is 0 Å². The molecule has 0 radical (unpaired) electrons. The minimum Gasteiger partial charge on any atom is -0.753 e. The Balaban J connectivity index is 0.00000180. The molecule has 4 heterocycles. The van der Waals surface area contributed by atoms with E-state index in [1.54, 1.807) is 36.7 Å². The molecule has 4 rings (SSSR count). The van der Waals surface area contributed by atoms with Crippen LogP contribution in [0.15, 0.2) is 73.3 Å². The fourth-order valence-electron chi connectivity index (χ4n) is 7.87. The van der Waals surface area contributed by atoms with Gasteiger partial charge in [-0.2, -0.15) is 5.16 Å². The first kappa shape index (κ1) is 69.6. The minimum atomic E-state index is -1.04. The van der Waals surface area contributed by atoms with Crippen molar-refractivity contribution < 1.29 is 58.0 Å². The summed E-state index contributed by atoms with van der Waals surface area (Å²) in [5.74, 6) is -1.43. The van der Waals surface area contributed by atoms with Crippen LogP contribution in [0.1, 0.15) is 225 Å². The fraction of sp³-hybridized carbons (Fsp3) is 0.552. The van der Waals surface area contributed by atoms with Crippen LogP contribution in [-0.4, -0.2) is 67.8 Å². The predicted molar refractivity (Wildman–Crippen MR) is 299 cm³/mol. The SMILES string of the molecule is CCCCCCCCCCCCCCCCOC(=O)c1ccnc(-c2cc(C(=O)OCCCCCCCCCCCCCCCC)ccn2)c1.N#C[S-].O=COc1ccnc(-c2cc(C(=O)O)ccn2)c1.[N-]=C=S.[Ru+2]. The first-order valence-corrected chi connectivity index (χ1v) is 27.6. The number of pyridine rings is 4. The number of aromatic carboxylic acids is 1. The van der Waals surface area contributed by atoms with Crippen LogP contribution in [0, 0.1) is 10.7 Å². The number of nitriles is 1. The molecule has 0 saturated carbocycles. The molecule has 4 aromatic heterocycles. The monoisotopic (exact) mass is 1150 g/mol. The number of rotatable bonds is 37. The van der Waals surface area contributed by atoms with Crippen molar-refractivity contribution >= 4 is 54.4 Å². The molecule has 0 aromatic carbocycles. The van der Waals surface area contributed by atoms with E-state index in [0.717, 1.165) is 25.7 Å². The molecule has 0 aliphatic carbocycles. The number of esters is 2. The summed E-state index contributed by atoms with van der Waals surface area (Å²) >= 11 is 7.40. The van der Waals surface area contributed by atoms with Gasteiger partial charge < -0.3 is 37.4 Å². The topological polar surface area (TPSA) is 214 Å². The van der Waals surface area contributed by atoms with Gasteiger partial charge in [0.05, 0.1) is 52.7 Å². The van der Waals surface area contributed by atoms with Gasteiger partial charge in [-0.3, -0.25) is 24.7 Å². The zero-order chi connectivity index (χ0) is 54.1. The predicted octanol–water partition coefficient (Wildman–Crippen LogP) is 15.5. The summed E-state index contributed by atoms with van der Waals surface area (Å²) in [6.07, 6.45) is 42.2. The normalized spacial score (nSPS) is 9.99. The van der Waals surface area contributed by atoms with Gasteiger partial charge in [0.1, 0.15) is 5.75 Å². The summed E-state index contributed by atoms with van der Waals surface area (Å²) in [4.78, 5) is 63.3. The number of thiocarbonyl (C=S) groups is 1. The number of nitrogens with zero attached hydrogens (tertiary/aromatic N) is 6. The summed E-state index contributed by atoms with van der Waals surface area (Å²) in [7, 11) is 0. The molecule has 0 atom stereocenters. The molecule has 75 heavy (non-hydrogen) atoms. The molecular weight excluding hydrogens is 1070 g/mol. The second kappa shape index (κ2) is 49.5. The number of carbonyl (C=O) groups is 4. The molecule has 17 heteroatoms. The van der Waals surface area contributed by atoms with Crippen molar-refractivity contribution in [1.29, 1.82) is 5.26 Å². The Morgan fingerprint density at radius 1 is 0.547 bits per heavy atom. The Hall–Kier alpha value is -5.39. The van der Waals surface area contributed by atoms with Crippen molar-refractivity contribution in [1.82, 2.24) is 19.9 Å². The van der Waals surface area contributed by atoms with Gasteiger partial charge in [-0.1, -0.05) is 198 Å². The number of unbranched alkanes of at least 4 members (excludes halogenated alkanes) is 26. The Morgan fingerprint density at radius 3 is 1.12 bits per heavy atom. The number of ether oxygens (including phenoxy) is 3. The summed E-state index contributed by atoms with van der Waals surface area (Å²) in [5, 5.41) is 25.8. The third-order valence-corrected chi connectivity index (χ3v) is 11.9. The third kappa shape index (κ3) is 36.3. The zero-order valence-electron chi connectivity index (χ0n) is 44.4. The van der Waals surface area contributed by atoms with Gasteiger partial charge in [-0.15, -0.1) is 0 Å². The molecule has 14 nitrogen and oxygen atoms in total. The largest absolute Gasteiger partial charge is 2.00 e. The van der Waals surface area contributed by atoms with E-state index in [9.17, 15) is 19.2 Å². The van der Waals surface area contributed by atoms with Crippen molar-refractivity contribution in [2.75, 3.05) is 13.2 Å². The van der Waals surface area contributed by atoms with E-state index >= 15 is 0 Å². The summed E-state index contributed by atoms with van der Waals surface area (Å²) in [6.45, 7) is 5.70. The maximum atomic E-state index is 12.7. The van der Waals surface area contributed by atoms with Crippen LogP contribution in [0.2, 0.25) is 0 Å². The average molecular weight is 1150 g/mol. The van der Waals surface area contributed by atoms with Gasteiger partial charge in [0.25, 0.3) is 6.47 Å². The molecule has 0 aliphatic heterocycles. The van der Waals surface area contributed by atoms with Gasteiger partial charge >= 0.3 is 37.4 Å². The molecule has 0 fully saturated rings. The van der Waals surface area contributed by atoms with E-state index in [2.05, 4.69) is 63.4 Å². The van der Waals surface area contributed by atoms with Crippen LogP contribution in [0.3, 0.4) is 0 Å². The Bertz CT molecular complexity index is 2120. The van der Waals surface area contributed by atoms with Crippen LogP contribution >= 0.6 is 12.2 Å². The average Bonchev–Trinajstić information content (AvgIpc) is 3.41. The number of carbonyl (C=O) groups excluding carboxylic acids is 3. The second-order valence-corrected chi connectivity index (χ2v) is 18.2. The van der Waals surface area contributed by atoms with Crippen molar-refractivity contribution in [2.45, 2.75) is 194 Å². The van der Waals surface area contributed by atoms with E-state index in [1.165, 1.54) is 201 Å². The van der Waals surface area contributed by atoms with E-state index in [0.29, 0.717) is 59.3 Å². The molecule has 1 N–H and O–H groups in total. The number of carboxylic acids is 1. The van der Waals surface area contributed by atoms with Gasteiger partial charge in [0, 0.05) is 30.9 Å². The van der Waals surface area contributed by atoms with Crippen molar-refractivity contribution in [3.05, 3.63) is 95.4 Å². The number of thiocyanates is 1. The number of isothiocyanates is 1. The molecule has 0 unspecified atom stereocenters. The van der Waals surface area contributed by atoms with E-state index < -0.39 is 5.97 Å². The Morgan fingerprint density at radius 2 is 0.813 bits per heavy atom. The van der Waals surface area contributed by atoms with Crippen molar-refractivity contribution in [2.24, 2.45) is 0 Å². The first-order valence-electron chi connectivity index (χ1n) is 26.7. The van der Waals surface area contributed by atoms with Gasteiger partial charge in [-0.25, -0.2) is 19.6 Å². The quantitative estimate of drug-likeness (QED) is 0.00650. The smallest absolute Gasteiger partial charge is 0.753 e. The van der Waals surface area contributed by atoms with Crippen molar-refractivity contribution in [3.63, 3.8) is 0 Å². The third-order valence-electron chi connectivity index (χ3n) is 11.9. The van der Waals surface area contributed by atoms with Gasteiger partial charge in [0.2, 0.25) is 0 Å². The van der Waals surface area contributed by atoms with Crippen LogP contribution in [-0.2, 0) is 46.4 Å². The maximum absolute atomic E-state index is 12.7. The first-order chi connectivity index (χ1) is 36.2. The number of carboxylic acid groups (broad SMARTS) is 1. The number of hydrogen-bond acceptors (Lipinski definition) is 14. The molecule has 410 valence electrons. The molecule has 0 spiro atoms. The summed E-state index contributed by atoms with van der Waals surface area (Å²) in [6, 6.07) is 12.5. The number of hydrogen-bond donors (Lipinski definition) is 1. The summed E-state index contributed by atoms with van der Waals surface area (Å²) in [5.41, 5.74) is 2.86. The van der Waals surface area contributed by atoms with Gasteiger partial charge in [-0.05, 0) is 55.3 Å².